The molecule has 0 aliphatic carbocycles. The molecule has 0 aromatic heterocycles. The third-order valence-corrected chi connectivity index (χ3v) is 4.40. The van der Waals surface area contributed by atoms with E-state index in [0.29, 0.717) is 32.8 Å². The fourth-order valence-electron chi connectivity index (χ4n) is 3.15. The lowest BCUT2D eigenvalue weighted by molar-refractivity contribution is -0.149. The number of hydrogen-bond acceptors (Lipinski definition) is 5. The number of rotatable bonds is 5. The van der Waals surface area contributed by atoms with Crippen LogP contribution in [0.4, 0.5) is 0 Å². The summed E-state index contributed by atoms with van der Waals surface area (Å²) < 4.78 is 9.74. The molecule has 2 aliphatic heterocycles. The lowest BCUT2D eigenvalue weighted by atomic mass is 9.96. The Morgan fingerprint density at radius 1 is 1.23 bits per heavy atom. The minimum Gasteiger partial charge on any atom is -0.469 e. The molecule has 0 aromatic rings. The van der Waals surface area contributed by atoms with Crippen molar-refractivity contribution in [3.63, 3.8) is 0 Å². The van der Waals surface area contributed by atoms with Gasteiger partial charge in [-0.2, -0.15) is 0 Å². The van der Waals surface area contributed by atoms with Gasteiger partial charge in [-0.15, -0.1) is 0 Å². The van der Waals surface area contributed by atoms with Crippen LogP contribution >= 0.6 is 0 Å². The first-order valence-corrected chi connectivity index (χ1v) is 7.70. The Kier molecular flexibility index (Phi) is 5.76. The highest BCUT2D eigenvalue weighted by molar-refractivity contribution is 5.89. The molecule has 0 spiro atoms. The zero-order valence-corrected chi connectivity index (χ0v) is 13.2. The maximum Gasteiger partial charge on any atom is 0.310 e. The zero-order chi connectivity index (χ0) is 16.1. The number of piperidine rings is 1. The van der Waals surface area contributed by atoms with Crippen molar-refractivity contribution in [1.29, 1.82) is 0 Å². The van der Waals surface area contributed by atoms with Crippen LogP contribution in [-0.2, 0) is 23.9 Å². The molecular weight excluding hydrogens is 288 g/mol. The maximum atomic E-state index is 12.6. The predicted octanol–water partition coefficient (Wildman–Crippen LogP) is -0.107. The second-order valence-corrected chi connectivity index (χ2v) is 5.88. The van der Waals surface area contributed by atoms with Gasteiger partial charge in [0.15, 0.2) is 0 Å². The first-order valence-electron chi connectivity index (χ1n) is 7.70. The van der Waals surface area contributed by atoms with Gasteiger partial charge >= 0.3 is 5.97 Å². The summed E-state index contributed by atoms with van der Waals surface area (Å²) in [6.07, 6.45) is 1.79. The van der Waals surface area contributed by atoms with Gasteiger partial charge in [-0.05, 0) is 12.8 Å². The van der Waals surface area contributed by atoms with E-state index in [4.69, 9.17) is 9.47 Å². The summed E-state index contributed by atoms with van der Waals surface area (Å²) in [5.74, 6) is -0.842. The van der Waals surface area contributed by atoms with E-state index in [1.54, 1.807) is 16.9 Å². The van der Waals surface area contributed by atoms with Crippen molar-refractivity contribution >= 4 is 17.8 Å². The van der Waals surface area contributed by atoms with Gasteiger partial charge in [0.25, 0.3) is 0 Å². The first kappa shape index (κ1) is 16.7. The monoisotopic (exact) mass is 312 g/mol. The van der Waals surface area contributed by atoms with Gasteiger partial charge in [0.05, 0.1) is 25.6 Å². The smallest absolute Gasteiger partial charge is 0.310 e. The Morgan fingerprint density at radius 3 is 2.68 bits per heavy atom. The van der Waals surface area contributed by atoms with Crippen LogP contribution < -0.4 is 0 Å². The van der Waals surface area contributed by atoms with Gasteiger partial charge in [-0.1, -0.05) is 0 Å². The van der Waals surface area contributed by atoms with Gasteiger partial charge in [0.2, 0.25) is 11.8 Å². The van der Waals surface area contributed by atoms with Crippen LogP contribution in [0.2, 0.25) is 0 Å². The normalized spacial score (nSPS) is 25.5. The molecule has 2 atom stereocenters. The lowest BCUT2D eigenvalue weighted by Crippen LogP contribution is -2.45. The topological polar surface area (TPSA) is 76.2 Å². The van der Waals surface area contributed by atoms with Crippen molar-refractivity contribution in [2.75, 3.05) is 47.0 Å². The molecule has 22 heavy (non-hydrogen) atoms. The molecule has 2 amide bonds. The van der Waals surface area contributed by atoms with Gasteiger partial charge in [0, 0.05) is 39.7 Å². The number of esters is 1. The molecule has 2 saturated heterocycles. The molecule has 7 nitrogen and oxygen atoms in total. The Balaban J connectivity index is 1.91. The highest BCUT2D eigenvalue weighted by atomic mass is 16.5. The molecule has 7 heteroatoms. The number of carbonyl (C=O) groups is 3. The van der Waals surface area contributed by atoms with E-state index in [2.05, 4.69) is 0 Å². The maximum absolute atomic E-state index is 12.6. The summed E-state index contributed by atoms with van der Waals surface area (Å²) in [4.78, 5) is 39.5. The third kappa shape index (κ3) is 3.76. The number of amides is 2. The van der Waals surface area contributed by atoms with E-state index in [1.165, 1.54) is 7.11 Å². The first-order chi connectivity index (χ1) is 10.6. The molecule has 0 radical (unpaired) electrons. The number of carbonyl (C=O) groups excluding carboxylic acids is 3. The molecule has 2 heterocycles. The average molecular weight is 312 g/mol. The van der Waals surface area contributed by atoms with Crippen LogP contribution in [0.5, 0.6) is 0 Å². The fraction of sp³-hybridized carbons (Fsp3) is 0.800. The van der Waals surface area contributed by atoms with E-state index in [-0.39, 0.29) is 36.0 Å². The summed E-state index contributed by atoms with van der Waals surface area (Å²) in [7, 11) is 2.95. The number of ether oxygens (including phenoxy) is 2. The lowest BCUT2D eigenvalue weighted by Gasteiger charge is -2.33. The minimum absolute atomic E-state index is 0.00285. The SMILES string of the molecule is COCCN1CC(C(=O)N2CCCC(C(=O)OC)C2)CC1=O. The number of likely N-dealkylation sites (tertiary alicyclic amines) is 2. The number of hydrogen-bond donors (Lipinski definition) is 0. The van der Waals surface area contributed by atoms with Crippen molar-refractivity contribution in [2.45, 2.75) is 19.3 Å². The molecule has 2 aliphatic rings. The van der Waals surface area contributed by atoms with Gasteiger partial charge in [-0.25, -0.2) is 0 Å². The molecule has 0 aromatic carbocycles. The third-order valence-electron chi connectivity index (χ3n) is 4.40. The van der Waals surface area contributed by atoms with E-state index < -0.39 is 0 Å². The second kappa shape index (κ2) is 7.58. The predicted molar refractivity (Wildman–Crippen MR) is 77.9 cm³/mol. The van der Waals surface area contributed by atoms with Crippen LogP contribution in [0.15, 0.2) is 0 Å². The van der Waals surface area contributed by atoms with Crippen molar-refractivity contribution in [2.24, 2.45) is 11.8 Å². The molecule has 2 fully saturated rings. The number of nitrogens with zero attached hydrogens (tertiary/aromatic N) is 2. The van der Waals surface area contributed by atoms with E-state index in [9.17, 15) is 14.4 Å². The van der Waals surface area contributed by atoms with Gasteiger partial charge < -0.3 is 19.3 Å². The van der Waals surface area contributed by atoms with Crippen molar-refractivity contribution in [3.8, 4) is 0 Å². The summed E-state index contributed by atoms with van der Waals surface area (Å²) in [5, 5.41) is 0. The zero-order valence-electron chi connectivity index (χ0n) is 13.2. The molecule has 124 valence electrons. The van der Waals surface area contributed by atoms with Crippen molar-refractivity contribution < 1.29 is 23.9 Å². The quantitative estimate of drug-likeness (QED) is 0.662. The van der Waals surface area contributed by atoms with E-state index in [1.807, 2.05) is 0 Å². The molecule has 0 bridgehead atoms. The summed E-state index contributed by atoms with van der Waals surface area (Å²) in [6.45, 7) is 2.48. The van der Waals surface area contributed by atoms with Crippen LogP contribution in [0.1, 0.15) is 19.3 Å². The molecule has 0 N–H and O–H groups in total. The van der Waals surface area contributed by atoms with E-state index in [0.717, 1.165) is 12.8 Å². The van der Waals surface area contributed by atoms with Crippen LogP contribution in [-0.4, -0.2) is 74.6 Å². The Bertz CT molecular complexity index is 440. The Morgan fingerprint density at radius 2 is 2.00 bits per heavy atom. The summed E-state index contributed by atoms with van der Waals surface area (Å²) in [6, 6.07) is 0. The average Bonchev–Trinajstić information content (AvgIpc) is 2.92. The largest absolute Gasteiger partial charge is 0.469 e. The van der Waals surface area contributed by atoms with Gasteiger partial charge in [0.1, 0.15) is 0 Å². The molecule has 2 unspecified atom stereocenters. The molecule has 0 saturated carbocycles. The van der Waals surface area contributed by atoms with E-state index >= 15 is 0 Å². The highest BCUT2D eigenvalue weighted by Gasteiger charge is 2.38. The van der Waals surface area contributed by atoms with Crippen LogP contribution in [0.3, 0.4) is 0 Å². The Hall–Kier alpha value is -1.63. The minimum atomic E-state index is -0.305. The highest BCUT2D eigenvalue weighted by Crippen LogP contribution is 2.24. The van der Waals surface area contributed by atoms with Crippen LogP contribution in [0, 0.1) is 11.8 Å². The number of methoxy groups -OCH3 is 2. The molecular formula is C15H24N2O5. The second-order valence-electron chi connectivity index (χ2n) is 5.88. The summed E-state index contributed by atoms with van der Waals surface area (Å²) in [5.41, 5.74) is 0. The Labute approximate surface area is 130 Å². The van der Waals surface area contributed by atoms with Crippen LogP contribution in [0.25, 0.3) is 0 Å². The fourth-order valence-corrected chi connectivity index (χ4v) is 3.15. The van der Waals surface area contributed by atoms with Crippen molar-refractivity contribution in [1.82, 2.24) is 9.80 Å². The summed E-state index contributed by atoms with van der Waals surface area (Å²) >= 11 is 0. The van der Waals surface area contributed by atoms with Crippen molar-refractivity contribution in [3.05, 3.63) is 0 Å². The standard InChI is InChI=1S/C15H24N2O5/c1-21-7-6-16-10-12(8-13(16)18)14(19)17-5-3-4-11(9-17)15(20)22-2/h11-12H,3-10H2,1-2H3. The van der Waals surface area contributed by atoms with Gasteiger partial charge in [-0.3, -0.25) is 14.4 Å². The molecule has 2 rings (SSSR count).